The standard InChI is InChI=1S/C17H26O3Si/c1-4-21(5-2,6-3)20-15-11-10-13-12-8-7-9-14(15)16(12)19-17(13)18/h8,11,13-14,16H,4-7,9-10H2,1-3H3. The second-order valence-corrected chi connectivity index (χ2v) is 11.2. The van der Waals surface area contributed by atoms with Crippen molar-refractivity contribution in [2.24, 2.45) is 11.8 Å². The first-order valence-corrected chi connectivity index (χ1v) is 11.0. The van der Waals surface area contributed by atoms with E-state index in [9.17, 15) is 4.79 Å². The zero-order valence-electron chi connectivity index (χ0n) is 13.4. The molecule has 0 radical (unpaired) electrons. The topological polar surface area (TPSA) is 35.5 Å². The van der Waals surface area contributed by atoms with E-state index in [2.05, 4.69) is 32.9 Å². The number of esters is 1. The van der Waals surface area contributed by atoms with Crippen molar-refractivity contribution in [3.63, 3.8) is 0 Å². The Morgan fingerprint density at radius 1 is 1.24 bits per heavy atom. The van der Waals surface area contributed by atoms with E-state index in [1.807, 2.05) is 0 Å². The average molecular weight is 306 g/mol. The van der Waals surface area contributed by atoms with Crippen LogP contribution in [-0.2, 0) is 14.0 Å². The molecule has 3 nitrogen and oxygen atoms in total. The summed E-state index contributed by atoms with van der Waals surface area (Å²) < 4.78 is 12.3. The van der Waals surface area contributed by atoms with E-state index >= 15 is 0 Å². The summed E-state index contributed by atoms with van der Waals surface area (Å²) in [7, 11) is -1.66. The Morgan fingerprint density at radius 3 is 2.62 bits per heavy atom. The van der Waals surface area contributed by atoms with Crippen molar-refractivity contribution in [3.05, 3.63) is 23.5 Å². The maximum Gasteiger partial charge on any atom is 0.314 e. The molecule has 4 bridgehead atoms. The van der Waals surface area contributed by atoms with Crippen LogP contribution in [-0.4, -0.2) is 20.4 Å². The van der Waals surface area contributed by atoms with Crippen LogP contribution in [0.1, 0.15) is 40.0 Å². The van der Waals surface area contributed by atoms with Crippen molar-refractivity contribution in [3.8, 4) is 0 Å². The highest BCUT2D eigenvalue weighted by Crippen LogP contribution is 2.46. The fraction of sp³-hybridized carbons (Fsp3) is 0.706. The highest BCUT2D eigenvalue weighted by molar-refractivity contribution is 6.73. The van der Waals surface area contributed by atoms with Crippen LogP contribution in [0.4, 0.5) is 0 Å². The number of hydrogen-bond donors (Lipinski definition) is 0. The van der Waals surface area contributed by atoms with Crippen LogP contribution in [0.5, 0.6) is 0 Å². The zero-order chi connectivity index (χ0) is 15.0. The molecule has 1 fully saturated rings. The quantitative estimate of drug-likeness (QED) is 0.434. The van der Waals surface area contributed by atoms with Crippen LogP contribution in [0.25, 0.3) is 0 Å². The molecule has 21 heavy (non-hydrogen) atoms. The first-order chi connectivity index (χ1) is 10.1. The van der Waals surface area contributed by atoms with Crippen molar-refractivity contribution in [1.29, 1.82) is 0 Å². The summed E-state index contributed by atoms with van der Waals surface area (Å²) in [6, 6.07) is 3.46. The number of rotatable bonds is 5. The third kappa shape index (κ3) is 2.37. The molecule has 1 heterocycles. The molecule has 2 aliphatic carbocycles. The third-order valence-electron chi connectivity index (χ3n) is 5.67. The largest absolute Gasteiger partial charge is 0.546 e. The maximum atomic E-state index is 12.0. The Balaban J connectivity index is 1.89. The number of ether oxygens (including phenoxy) is 1. The first-order valence-electron chi connectivity index (χ1n) is 8.43. The van der Waals surface area contributed by atoms with Gasteiger partial charge in [-0.05, 0) is 49.0 Å². The van der Waals surface area contributed by atoms with Gasteiger partial charge < -0.3 is 9.16 Å². The lowest BCUT2D eigenvalue weighted by Crippen LogP contribution is -2.38. The summed E-state index contributed by atoms with van der Waals surface area (Å²) in [6.45, 7) is 6.78. The van der Waals surface area contributed by atoms with Gasteiger partial charge in [-0.15, -0.1) is 0 Å². The van der Waals surface area contributed by atoms with Crippen molar-refractivity contribution >= 4 is 14.3 Å². The molecule has 0 aromatic carbocycles. The average Bonchev–Trinajstić information content (AvgIpc) is 2.81. The monoisotopic (exact) mass is 306 g/mol. The van der Waals surface area contributed by atoms with Gasteiger partial charge in [0.15, 0.2) is 0 Å². The predicted octanol–water partition coefficient (Wildman–Crippen LogP) is 4.17. The molecule has 3 aliphatic rings. The minimum Gasteiger partial charge on any atom is -0.546 e. The molecule has 0 aromatic heterocycles. The minimum atomic E-state index is -1.66. The second kappa shape index (κ2) is 5.63. The van der Waals surface area contributed by atoms with Crippen molar-refractivity contribution in [2.75, 3.05) is 0 Å². The SMILES string of the molecule is CC[Si](CC)(CC)OC1=CCC2C(=O)OC3C2=CCCC13. The summed E-state index contributed by atoms with van der Waals surface area (Å²) in [5.41, 5.74) is 1.22. The minimum absolute atomic E-state index is 0.0292. The van der Waals surface area contributed by atoms with Gasteiger partial charge in [0.1, 0.15) is 6.10 Å². The number of carbonyl (C=O) groups excluding carboxylic acids is 1. The lowest BCUT2D eigenvalue weighted by molar-refractivity contribution is -0.146. The van der Waals surface area contributed by atoms with Crippen LogP contribution < -0.4 is 0 Å². The van der Waals surface area contributed by atoms with Crippen molar-refractivity contribution < 1.29 is 14.0 Å². The summed E-state index contributed by atoms with van der Waals surface area (Å²) in [5.74, 6) is 1.33. The van der Waals surface area contributed by atoms with E-state index in [4.69, 9.17) is 9.16 Å². The van der Waals surface area contributed by atoms with E-state index in [0.29, 0.717) is 0 Å². The molecule has 3 atom stereocenters. The van der Waals surface area contributed by atoms with E-state index in [1.165, 1.54) is 5.57 Å². The number of allylic oxidation sites excluding steroid dienone is 2. The molecule has 0 saturated carbocycles. The lowest BCUT2D eigenvalue weighted by Gasteiger charge is -2.36. The molecular formula is C17H26O3Si. The molecule has 116 valence electrons. The van der Waals surface area contributed by atoms with E-state index in [1.54, 1.807) is 0 Å². The van der Waals surface area contributed by atoms with Gasteiger partial charge in [-0.3, -0.25) is 4.79 Å². The molecule has 1 aliphatic heterocycles. The first kappa shape index (κ1) is 14.9. The highest BCUT2D eigenvalue weighted by Gasteiger charge is 2.48. The van der Waals surface area contributed by atoms with Gasteiger partial charge >= 0.3 is 5.97 Å². The van der Waals surface area contributed by atoms with Crippen LogP contribution in [0.3, 0.4) is 0 Å². The fourth-order valence-corrected chi connectivity index (χ4v) is 6.67. The van der Waals surface area contributed by atoms with Gasteiger partial charge in [0, 0.05) is 0 Å². The van der Waals surface area contributed by atoms with Gasteiger partial charge in [0.05, 0.1) is 17.6 Å². The normalized spacial score (nSPS) is 31.2. The van der Waals surface area contributed by atoms with Crippen molar-refractivity contribution in [2.45, 2.75) is 64.3 Å². The molecule has 1 saturated heterocycles. The van der Waals surface area contributed by atoms with Gasteiger partial charge in [-0.1, -0.05) is 26.8 Å². The Hall–Kier alpha value is -1.03. The predicted molar refractivity (Wildman–Crippen MR) is 85.2 cm³/mol. The lowest BCUT2D eigenvalue weighted by atomic mass is 9.83. The van der Waals surface area contributed by atoms with Gasteiger partial charge in [-0.25, -0.2) is 0 Å². The Kier molecular flexibility index (Phi) is 3.99. The molecule has 4 heteroatoms. The maximum absolute atomic E-state index is 12.0. The summed E-state index contributed by atoms with van der Waals surface area (Å²) in [4.78, 5) is 12.0. The third-order valence-corrected chi connectivity index (χ3v) is 10.2. The smallest absolute Gasteiger partial charge is 0.314 e. The molecule has 0 amide bonds. The van der Waals surface area contributed by atoms with E-state index < -0.39 is 8.32 Å². The molecule has 0 aromatic rings. The van der Waals surface area contributed by atoms with Crippen LogP contribution >= 0.6 is 0 Å². The van der Waals surface area contributed by atoms with E-state index in [-0.39, 0.29) is 23.9 Å². The molecular weight excluding hydrogens is 280 g/mol. The van der Waals surface area contributed by atoms with Crippen LogP contribution in [0.2, 0.25) is 18.1 Å². The van der Waals surface area contributed by atoms with Crippen LogP contribution in [0, 0.1) is 11.8 Å². The highest BCUT2D eigenvalue weighted by atomic mass is 28.4. The molecule has 3 unspecified atom stereocenters. The number of carbonyl (C=O) groups is 1. The molecule has 0 spiro atoms. The zero-order valence-corrected chi connectivity index (χ0v) is 14.4. The van der Waals surface area contributed by atoms with Gasteiger partial charge in [-0.2, -0.15) is 0 Å². The molecule has 3 rings (SSSR count). The molecule has 0 N–H and O–H groups in total. The van der Waals surface area contributed by atoms with E-state index in [0.717, 1.165) is 43.2 Å². The summed E-state index contributed by atoms with van der Waals surface area (Å²) in [5, 5.41) is 0. The summed E-state index contributed by atoms with van der Waals surface area (Å²) >= 11 is 0. The van der Waals surface area contributed by atoms with Crippen LogP contribution in [0.15, 0.2) is 23.5 Å². The van der Waals surface area contributed by atoms with Crippen molar-refractivity contribution in [1.82, 2.24) is 0 Å². The fourth-order valence-electron chi connectivity index (χ4n) is 4.01. The van der Waals surface area contributed by atoms with Gasteiger partial charge in [0.2, 0.25) is 8.32 Å². The Morgan fingerprint density at radius 2 is 1.95 bits per heavy atom. The Labute approximate surface area is 128 Å². The Bertz CT molecular complexity index is 482. The number of hydrogen-bond acceptors (Lipinski definition) is 3. The van der Waals surface area contributed by atoms with Gasteiger partial charge in [0.25, 0.3) is 0 Å². The summed E-state index contributed by atoms with van der Waals surface area (Å²) in [6.07, 6.45) is 7.25. The second-order valence-electron chi connectivity index (χ2n) is 6.49.